The Bertz CT molecular complexity index is 321. The number of rotatable bonds is 3. The van der Waals surface area contributed by atoms with Crippen molar-refractivity contribution < 1.29 is 0 Å². The van der Waals surface area contributed by atoms with E-state index in [1.807, 2.05) is 6.20 Å². The summed E-state index contributed by atoms with van der Waals surface area (Å²) < 4.78 is 2.25. The number of piperidine rings is 1. The number of hydrogen-bond donors (Lipinski definition) is 1. The molecule has 0 amide bonds. The molecule has 1 saturated heterocycles. The van der Waals surface area contributed by atoms with Crippen molar-refractivity contribution >= 4 is 0 Å². The Morgan fingerprint density at radius 1 is 1.40 bits per heavy atom. The molecule has 3 nitrogen and oxygen atoms in total. The number of nitrogens with zero attached hydrogens (tertiary/aromatic N) is 2. The van der Waals surface area contributed by atoms with Gasteiger partial charge in [0.15, 0.2) is 0 Å². The van der Waals surface area contributed by atoms with Crippen LogP contribution in [0.1, 0.15) is 37.3 Å². The molecule has 1 aliphatic carbocycles. The van der Waals surface area contributed by atoms with Gasteiger partial charge >= 0.3 is 0 Å². The van der Waals surface area contributed by atoms with E-state index in [-0.39, 0.29) is 0 Å². The molecule has 1 aromatic rings. The summed E-state index contributed by atoms with van der Waals surface area (Å²) in [6.07, 6.45) is 7.40. The monoisotopic (exact) mass is 205 g/mol. The minimum atomic E-state index is 0.694. The van der Waals surface area contributed by atoms with Crippen molar-refractivity contribution in [3.8, 4) is 0 Å². The SMILES string of the molecule is c1cc(C2CCCNC2)n(CC2CC2)n1. The van der Waals surface area contributed by atoms with E-state index >= 15 is 0 Å². The lowest BCUT2D eigenvalue weighted by atomic mass is 9.96. The van der Waals surface area contributed by atoms with Crippen LogP contribution in [0.3, 0.4) is 0 Å². The fourth-order valence-electron chi connectivity index (χ4n) is 2.49. The molecule has 1 saturated carbocycles. The number of hydrogen-bond acceptors (Lipinski definition) is 2. The quantitative estimate of drug-likeness (QED) is 0.815. The molecule has 1 aliphatic heterocycles. The van der Waals surface area contributed by atoms with Gasteiger partial charge < -0.3 is 5.32 Å². The molecule has 3 rings (SSSR count). The lowest BCUT2D eigenvalue weighted by Gasteiger charge is -2.23. The number of aromatic nitrogens is 2. The zero-order valence-electron chi connectivity index (χ0n) is 9.15. The zero-order chi connectivity index (χ0) is 10.1. The normalized spacial score (nSPS) is 26.8. The van der Waals surface area contributed by atoms with Gasteiger partial charge in [0, 0.05) is 30.9 Å². The van der Waals surface area contributed by atoms with E-state index in [2.05, 4.69) is 21.2 Å². The molecular weight excluding hydrogens is 186 g/mol. The van der Waals surface area contributed by atoms with Crippen molar-refractivity contribution in [1.82, 2.24) is 15.1 Å². The van der Waals surface area contributed by atoms with Crippen LogP contribution in [0.4, 0.5) is 0 Å². The van der Waals surface area contributed by atoms with Crippen LogP contribution in [0.15, 0.2) is 12.3 Å². The molecule has 1 unspecified atom stereocenters. The van der Waals surface area contributed by atoms with Gasteiger partial charge in [-0.05, 0) is 44.2 Å². The van der Waals surface area contributed by atoms with Crippen LogP contribution < -0.4 is 5.32 Å². The highest BCUT2D eigenvalue weighted by molar-refractivity contribution is 5.10. The van der Waals surface area contributed by atoms with Crippen molar-refractivity contribution in [2.45, 2.75) is 38.1 Å². The first-order chi connectivity index (χ1) is 7.43. The predicted octanol–water partition coefficient (Wildman–Crippen LogP) is 1.76. The Hall–Kier alpha value is -0.830. The maximum Gasteiger partial charge on any atom is 0.0492 e. The molecule has 3 heteroatoms. The van der Waals surface area contributed by atoms with E-state index < -0.39 is 0 Å². The Balaban J connectivity index is 1.73. The predicted molar refractivity (Wildman–Crippen MR) is 59.8 cm³/mol. The van der Waals surface area contributed by atoms with Gasteiger partial charge in [0.2, 0.25) is 0 Å². The van der Waals surface area contributed by atoms with Gasteiger partial charge in [0.05, 0.1) is 0 Å². The van der Waals surface area contributed by atoms with E-state index in [1.54, 1.807) is 0 Å². The molecule has 2 aliphatic rings. The second-order valence-electron chi connectivity index (χ2n) is 4.92. The van der Waals surface area contributed by atoms with Crippen molar-refractivity contribution in [2.24, 2.45) is 5.92 Å². The summed E-state index contributed by atoms with van der Waals surface area (Å²) in [6.45, 7) is 3.47. The maximum absolute atomic E-state index is 4.46. The van der Waals surface area contributed by atoms with Crippen molar-refractivity contribution in [3.05, 3.63) is 18.0 Å². The molecule has 0 spiro atoms. The topological polar surface area (TPSA) is 29.9 Å². The highest BCUT2D eigenvalue weighted by Gasteiger charge is 2.25. The molecular formula is C12H19N3. The zero-order valence-corrected chi connectivity index (χ0v) is 9.15. The molecule has 1 atom stereocenters. The summed E-state index contributed by atoms with van der Waals surface area (Å²) in [5.41, 5.74) is 1.45. The summed E-state index contributed by atoms with van der Waals surface area (Å²) >= 11 is 0. The van der Waals surface area contributed by atoms with Crippen molar-refractivity contribution in [2.75, 3.05) is 13.1 Å². The third-order valence-electron chi connectivity index (χ3n) is 3.59. The second kappa shape index (κ2) is 3.97. The van der Waals surface area contributed by atoms with Gasteiger partial charge in [-0.25, -0.2) is 0 Å². The largest absolute Gasteiger partial charge is 0.316 e. The first-order valence-electron chi connectivity index (χ1n) is 6.16. The van der Waals surface area contributed by atoms with Gasteiger partial charge in [0.25, 0.3) is 0 Å². The fourth-order valence-corrected chi connectivity index (χ4v) is 2.49. The van der Waals surface area contributed by atoms with E-state index in [0.29, 0.717) is 5.92 Å². The van der Waals surface area contributed by atoms with Gasteiger partial charge in [-0.2, -0.15) is 5.10 Å². The highest BCUT2D eigenvalue weighted by Crippen LogP contribution is 2.32. The molecule has 82 valence electrons. The van der Waals surface area contributed by atoms with Crippen LogP contribution >= 0.6 is 0 Å². The van der Waals surface area contributed by atoms with Crippen LogP contribution in [0.5, 0.6) is 0 Å². The highest BCUT2D eigenvalue weighted by atomic mass is 15.3. The van der Waals surface area contributed by atoms with Crippen LogP contribution in [0, 0.1) is 5.92 Å². The van der Waals surface area contributed by atoms with Gasteiger partial charge in [-0.1, -0.05) is 0 Å². The summed E-state index contributed by atoms with van der Waals surface area (Å²) in [4.78, 5) is 0. The van der Waals surface area contributed by atoms with Crippen molar-refractivity contribution in [1.29, 1.82) is 0 Å². The van der Waals surface area contributed by atoms with Crippen LogP contribution in [-0.2, 0) is 6.54 Å². The molecule has 15 heavy (non-hydrogen) atoms. The summed E-state index contributed by atoms with van der Waals surface area (Å²) in [6, 6.07) is 2.21. The molecule has 2 heterocycles. The van der Waals surface area contributed by atoms with Crippen LogP contribution in [0.25, 0.3) is 0 Å². The second-order valence-corrected chi connectivity index (χ2v) is 4.92. The van der Waals surface area contributed by atoms with E-state index in [1.165, 1.54) is 37.9 Å². The van der Waals surface area contributed by atoms with E-state index in [4.69, 9.17) is 0 Å². The van der Waals surface area contributed by atoms with Gasteiger partial charge in [-0.15, -0.1) is 0 Å². The third-order valence-corrected chi connectivity index (χ3v) is 3.59. The lowest BCUT2D eigenvalue weighted by molar-refractivity contribution is 0.424. The van der Waals surface area contributed by atoms with Gasteiger partial charge in [-0.3, -0.25) is 4.68 Å². The van der Waals surface area contributed by atoms with E-state index in [0.717, 1.165) is 19.0 Å². The molecule has 0 aromatic carbocycles. The molecule has 2 fully saturated rings. The average Bonchev–Trinajstić information content (AvgIpc) is 2.96. The van der Waals surface area contributed by atoms with Crippen LogP contribution in [0.2, 0.25) is 0 Å². The summed E-state index contributed by atoms with van der Waals surface area (Å²) in [5.74, 6) is 1.61. The minimum Gasteiger partial charge on any atom is -0.316 e. The van der Waals surface area contributed by atoms with E-state index in [9.17, 15) is 0 Å². The lowest BCUT2D eigenvalue weighted by Crippen LogP contribution is -2.29. The fraction of sp³-hybridized carbons (Fsp3) is 0.750. The van der Waals surface area contributed by atoms with Crippen LogP contribution in [-0.4, -0.2) is 22.9 Å². The molecule has 1 aromatic heterocycles. The third kappa shape index (κ3) is 2.07. The Labute approximate surface area is 90.9 Å². The first kappa shape index (κ1) is 9.40. The standard InChI is InChI=1S/C12H19N3/c1-2-11(8-13-6-1)12-5-7-14-15(12)9-10-3-4-10/h5,7,10-11,13H,1-4,6,8-9H2. The summed E-state index contributed by atoms with van der Waals surface area (Å²) in [5, 5.41) is 7.94. The molecule has 0 radical (unpaired) electrons. The average molecular weight is 205 g/mol. The van der Waals surface area contributed by atoms with Crippen molar-refractivity contribution in [3.63, 3.8) is 0 Å². The Morgan fingerprint density at radius 2 is 2.33 bits per heavy atom. The molecule has 0 bridgehead atoms. The maximum atomic E-state index is 4.46. The summed E-state index contributed by atoms with van der Waals surface area (Å²) in [7, 11) is 0. The first-order valence-corrected chi connectivity index (χ1v) is 6.16. The number of nitrogens with one attached hydrogen (secondary N) is 1. The Kier molecular flexibility index (Phi) is 2.49. The minimum absolute atomic E-state index is 0.694. The Morgan fingerprint density at radius 3 is 3.07 bits per heavy atom. The smallest absolute Gasteiger partial charge is 0.0492 e. The van der Waals surface area contributed by atoms with Gasteiger partial charge in [0.1, 0.15) is 0 Å². The molecule has 1 N–H and O–H groups in total.